The lowest BCUT2D eigenvalue weighted by atomic mass is 9.90. The first-order valence-electron chi connectivity index (χ1n) is 7.50. The number of anilines is 2. The van der Waals surface area contributed by atoms with E-state index >= 15 is 0 Å². The van der Waals surface area contributed by atoms with Crippen LogP contribution in [0.15, 0.2) is 48.5 Å². The molecule has 1 heterocycles. The molecule has 2 aromatic carbocycles. The van der Waals surface area contributed by atoms with E-state index in [2.05, 4.69) is 5.32 Å². The maximum atomic E-state index is 13.1. The van der Waals surface area contributed by atoms with Crippen molar-refractivity contribution in [1.82, 2.24) is 5.32 Å². The van der Waals surface area contributed by atoms with Crippen LogP contribution in [0.1, 0.15) is 11.1 Å². The maximum Gasteiger partial charge on any atom is 0.418 e. The molecule has 3 rings (SSSR count). The molecule has 0 spiro atoms. The number of nitrogens with one attached hydrogen (secondary N) is 1. The number of aliphatic hydroxyl groups excluding tert-OH is 1. The predicted molar refractivity (Wildman–Crippen MR) is 87.1 cm³/mol. The van der Waals surface area contributed by atoms with Gasteiger partial charge in [-0.15, -0.1) is 0 Å². The average Bonchev–Trinajstić information content (AvgIpc) is 2.86. The molecule has 1 saturated heterocycles. The van der Waals surface area contributed by atoms with Gasteiger partial charge in [0, 0.05) is 5.69 Å². The molecule has 1 unspecified atom stereocenters. The molecule has 0 bridgehead atoms. The first kappa shape index (κ1) is 17.7. The lowest BCUT2D eigenvalue weighted by molar-refractivity contribution is -0.137. The number of amides is 3. The molecule has 1 aliphatic heterocycles. The summed E-state index contributed by atoms with van der Waals surface area (Å²) in [5.74, 6) is -0.880. The molecule has 6 nitrogen and oxygen atoms in total. The number of carbonyl (C=O) groups excluding carboxylic acids is 2. The number of urea groups is 1. The van der Waals surface area contributed by atoms with Crippen LogP contribution in [0.25, 0.3) is 0 Å². The van der Waals surface area contributed by atoms with Gasteiger partial charge in [0.2, 0.25) is 0 Å². The van der Waals surface area contributed by atoms with E-state index in [0.717, 1.165) is 12.1 Å². The third-order valence-electron chi connectivity index (χ3n) is 4.20. The summed E-state index contributed by atoms with van der Waals surface area (Å²) in [5, 5.41) is 12.2. The van der Waals surface area contributed by atoms with Crippen LogP contribution in [0.5, 0.6) is 0 Å². The highest BCUT2D eigenvalue weighted by atomic mass is 19.4. The molecular formula is C17H14F3N3O3. The van der Waals surface area contributed by atoms with Crippen LogP contribution in [-0.4, -0.2) is 23.7 Å². The number of hydrogen-bond acceptors (Lipinski definition) is 4. The Labute approximate surface area is 146 Å². The van der Waals surface area contributed by atoms with E-state index in [0.29, 0.717) is 16.5 Å². The molecule has 4 N–H and O–H groups in total. The summed E-state index contributed by atoms with van der Waals surface area (Å²) in [6, 6.07) is 9.77. The van der Waals surface area contributed by atoms with Crippen LogP contribution in [0.2, 0.25) is 0 Å². The fourth-order valence-electron chi connectivity index (χ4n) is 2.86. The Kier molecular flexibility index (Phi) is 4.11. The Bertz CT molecular complexity index is 871. The summed E-state index contributed by atoms with van der Waals surface area (Å²) in [6.45, 7) is -0.751. The van der Waals surface area contributed by atoms with Gasteiger partial charge in [-0.3, -0.25) is 4.79 Å². The minimum Gasteiger partial charge on any atom is -0.398 e. The second-order valence-corrected chi connectivity index (χ2v) is 5.77. The number of imide groups is 1. The Morgan fingerprint density at radius 1 is 1.12 bits per heavy atom. The number of halogens is 3. The van der Waals surface area contributed by atoms with Gasteiger partial charge in [-0.05, 0) is 23.8 Å². The summed E-state index contributed by atoms with van der Waals surface area (Å²) in [4.78, 5) is 25.8. The molecule has 1 aliphatic rings. The Balaban J connectivity index is 2.08. The minimum atomic E-state index is -4.74. The zero-order valence-corrected chi connectivity index (χ0v) is 13.2. The van der Waals surface area contributed by atoms with Crippen molar-refractivity contribution in [2.75, 3.05) is 17.2 Å². The van der Waals surface area contributed by atoms with E-state index in [9.17, 15) is 27.9 Å². The highest BCUT2D eigenvalue weighted by Gasteiger charge is 2.53. The van der Waals surface area contributed by atoms with E-state index < -0.39 is 41.5 Å². The molecule has 0 aromatic heterocycles. The molecule has 1 fully saturated rings. The van der Waals surface area contributed by atoms with Crippen LogP contribution in [-0.2, 0) is 16.5 Å². The number of nitrogens with two attached hydrogens (primary N) is 1. The van der Waals surface area contributed by atoms with Gasteiger partial charge < -0.3 is 16.2 Å². The SMILES string of the molecule is Nc1ccc(N2C(=O)NC(CO)(c3ccccc3)C2=O)cc1C(F)(F)F. The van der Waals surface area contributed by atoms with E-state index in [-0.39, 0.29) is 5.69 Å². The monoisotopic (exact) mass is 365 g/mol. The summed E-state index contributed by atoms with van der Waals surface area (Å²) in [7, 11) is 0. The zero-order valence-electron chi connectivity index (χ0n) is 13.2. The van der Waals surface area contributed by atoms with Crippen LogP contribution in [0.4, 0.5) is 29.3 Å². The molecule has 9 heteroatoms. The molecule has 26 heavy (non-hydrogen) atoms. The van der Waals surface area contributed by atoms with E-state index in [1.54, 1.807) is 18.2 Å². The minimum absolute atomic E-state index is 0.291. The standard InChI is InChI=1S/C17H14F3N3O3/c18-17(19,20)12-8-11(6-7-13(12)21)23-14(25)16(9-24,22-15(23)26)10-4-2-1-3-5-10/h1-8,24H,9,21H2,(H,22,26). The predicted octanol–water partition coefficient (Wildman–Crippen LogP) is 2.23. The lowest BCUT2D eigenvalue weighted by Crippen LogP contribution is -2.47. The van der Waals surface area contributed by atoms with Crippen molar-refractivity contribution in [1.29, 1.82) is 0 Å². The Hall–Kier alpha value is -3.07. The largest absolute Gasteiger partial charge is 0.418 e. The van der Waals surface area contributed by atoms with Gasteiger partial charge in [-0.2, -0.15) is 13.2 Å². The fourth-order valence-corrected chi connectivity index (χ4v) is 2.86. The van der Waals surface area contributed by atoms with Crippen LogP contribution in [0.3, 0.4) is 0 Å². The molecule has 1 atom stereocenters. The second kappa shape index (κ2) is 6.03. The number of aliphatic hydroxyl groups is 1. The quantitative estimate of drug-likeness (QED) is 0.574. The third-order valence-corrected chi connectivity index (χ3v) is 4.20. The highest BCUT2D eigenvalue weighted by molar-refractivity contribution is 6.23. The smallest absolute Gasteiger partial charge is 0.398 e. The molecular weight excluding hydrogens is 351 g/mol. The number of nitrogen functional groups attached to an aromatic ring is 1. The van der Waals surface area contributed by atoms with Gasteiger partial charge >= 0.3 is 12.2 Å². The molecule has 136 valence electrons. The van der Waals surface area contributed by atoms with Crippen LogP contribution >= 0.6 is 0 Å². The summed E-state index contributed by atoms with van der Waals surface area (Å²) in [5.41, 5.74) is 1.93. The first-order chi connectivity index (χ1) is 12.2. The molecule has 2 aromatic rings. The van der Waals surface area contributed by atoms with Crippen molar-refractivity contribution in [3.05, 3.63) is 59.7 Å². The Morgan fingerprint density at radius 2 is 1.77 bits per heavy atom. The molecule has 0 radical (unpaired) electrons. The number of hydrogen-bond donors (Lipinski definition) is 3. The summed E-state index contributed by atoms with van der Waals surface area (Å²) in [6.07, 6.45) is -4.74. The second-order valence-electron chi connectivity index (χ2n) is 5.77. The summed E-state index contributed by atoms with van der Waals surface area (Å²) < 4.78 is 39.2. The van der Waals surface area contributed by atoms with Crippen molar-refractivity contribution in [3.8, 4) is 0 Å². The van der Waals surface area contributed by atoms with Crippen molar-refractivity contribution in [2.24, 2.45) is 0 Å². The maximum absolute atomic E-state index is 13.1. The van der Waals surface area contributed by atoms with Gasteiger partial charge in [0.05, 0.1) is 17.9 Å². The van der Waals surface area contributed by atoms with Crippen LogP contribution < -0.4 is 16.0 Å². The van der Waals surface area contributed by atoms with Gasteiger partial charge in [0.25, 0.3) is 5.91 Å². The van der Waals surface area contributed by atoms with E-state index in [1.807, 2.05) is 0 Å². The Morgan fingerprint density at radius 3 is 2.35 bits per heavy atom. The van der Waals surface area contributed by atoms with Crippen LogP contribution in [0, 0.1) is 0 Å². The third kappa shape index (κ3) is 2.66. The molecule has 3 amide bonds. The van der Waals surface area contributed by atoms with Crippen molar-refractivity contribution in [3.63, 3.8) is 0 Å². The van der Waals surface area contributed by atoms with E-state index in [4.69, 9.17) is 5.73 Å². The normalized spacial score (nSPS) is 20.4. The van der Waals surface area contributed by atoms with Crippen molar-refractivity contribution < 1.29 is 27.9 Å². The van der Waals surface area contributed by atoms with Crippen molar-refractivity contribution in [2.45, 2.75) is 11.7 Å². The van der Waals surface area contributed by atoms with Gasteiger partial charge in [0.15, 0.2) is 5.54 Å². The zero-order chi connectivity index (χ0) is 19.1. The van der Waals surface area contributed by atoms with Gasteiger partial charge in [-0.1, -0.05) is 30.3 Å². The molecule has 0 aliphatic carbocycles. The fraction of sp³-hybridized carbons (Fsp3) is 0.176. The lowest BCUT2D eigenvalue weighted by Gasteiger charge is -2.25. The number of benzene rings is 2. The summed E-state index contributed by atoms with van der Waals surface area (Å²) >= 11 is 0. The average molecular weight is 365 g/mol. The highest BCUT2D eigenvalue weighted by Crippen LogP contribution is 2.38. The number of alkyl halides is 3. The number of rotatable bonds is 3. The number of nitrogens with zero attached hydrogens (tertiary/aromatic N) is 1. The van der Waals surface area contributed by atoms with Gasteiger partial charge in [-0.25, -0.2) is 9.69 Å². The number of carbonyl (C=O) groups is 2. The molecule has 0 saturated carbocycles. The van der Waals surface area contributed by atoms with Crippen molar-refractivity contribution >= 4 is 23.3 Å². The first-order valence-corrected chi connectivity index (χ1v) is 7.50. The van der Waals surface area contributed by atoms with Gasteiger partial charge in [0.1, 0.15) is 0 Å². The topological polar surface area (TPSA) is 95.7 Å². The van der Waals surface area contributed by atoms with E-state index in [1.165, 1.54) is 12.1 Å².